The predicted molar refractivity (Wildman–Crippen MR) is 84.7 cm³/mol. The number of benzene rings is 2. The minimum absolute atomic E-state index is 0.155. The van der Waals surface area contributed by atoms with Gasteiger partial charge in [0.15, 0.2) is 0 Å². The minimum atomic E-state index is -0.155. The highest BCUT2D eigenvalue weighted by atomic mass is 19.1. The van der Waals surface area contributed by atoms with Gasteiger partial charge >= 0.3 is 0 Å². The molecule has 0 aliphatic rings. The van der Waals surface area contributed by atoms with Gasteiger partial charge in [-0.25, -0.2) is 4.39 Å². The van der Waals surface area contributed by atoms with Crippen LogP contribution in [0.1, 0.15) is 16.7 Å². The highest BCUT2D eigenvalue weighted by molar-refractivity contribution is 5.82. The van der Waals surface area contributed by atoms with E-state index in [4.69, 9.17) is 0 Å². The SMILES string of the molecule is Cc1ccc(C)c(-c2cc(F)c3c(C)cccc3[n+]2C)c1. The molecule has 0 saturated heterocycles. The van der Waals surface area contributed by atoms with Crippen LogP contribution in [0.5, 0.6) is 0 Å². The Kier molecular flexibility index (Phi) is 3.25. The van der Waals surface area contributed by atoms with Crippen LogP contribution >= 0.6 is 0 Å². The fourth-order valence-electron chi connectivity index (χ4n) is 2.93. The molecule has 1 aromatic heterocycles. The molecule has 21 heavy (non-hydrogen) atoms. The van der Waals surface area contributed by atoms with Crippen LogP contribution in [-0.4, -0.2) is 0 Å². The number of aryl methyl sites for hydroxylation is 4. The van der Waals surface area contributed by atoms with Crippen LogP contribution in [0, 0.1) is 26.6 Å². The second-order valence-electron chi connectivity index (χ2n) is 5.72. The molecule has 0 aliphatic carbocycles. The van der Waals surface area contributed by atoms with E-state index in [1.807, 2.05) is 32.2 Å². The number of halogens is 1. The van der Waals surface area contributed by atoms with Gasteiger partial charge < -0.3 is 0 Å². The summed E-state index contributed by atoms with van der Waals surface area (Å²) in [6, 6.07) is 13.8. The first-order valence-electron chi connectivity index (χ1n) is 7.14. The number of aromatic nitrogens is 1. The Morgan fingerprint density at radius 1 is 0.905 bits per heavy atom. The summed E-state index contributed by atoms with van der Waals surface area (Å²) in [6.07, 6.45) is 0. The molecule has 0 amide bonds. The standard InChI is InChI=1S/C19H19FN/c1-12-8-9-13(2)15(10-12)18-11-16(20)19-14(3)6-5-7-17(19)21(18)4/h5-11H,1-4H3/q+1. The molecule has 0 fully saturated rings. The van der Waals surface area contributed by atoms with E-state index >= 15 is 0 Å². The summed E-state index contributed by atoms with van der Waals surface area (Å²) in [4.78, 5) is 0. The summed E-state index contributed by atoms with van der Waals surface area (Å²) in [6.45, 7) is 6.07. The number of fused-ring (bicyclic) bond motifs is 1. The Hall–Kier alpha value is -2.22. The van der Waals surface area contributed by atoms with Crippen molar-refractivity contribution in [2.24, 2.45) is 7.05 Å². The van der Waals surface area contributed by atoms with E-state index in [0.29, 0.717) is 5.39 Å². The lowest BCUT2D eigenvalue weighted by Gasteiger charge is -2.09. The number of hydrogen-bond acceptors (Lipinski definition) is 0. The van der Waals surface area contributed by atoms with Gasteiger partial charge in [0.05, 0.1) is 5.39 Å². The van der Waals surface area contributed by atoms with E-state index in [2.05, 4.69) is 36.6 Å². The van der Waals surface area contributed by atoms with Gasteiger partial charge in [-0.3, -0.25) is 0 Å². The first-order valence-corrected chi connectivity index (χ1v) is 7.14. The molecule has 0 unspecified atom stereocenters. The summed E-state index contributed by atoms with van der Waals surface area (Å²) in [5.41, 5.74) is 6.22. The van der Waals surface area contributed by atoms with Crippen LogP contribution in [0.15, 0.2) is 42.5 Å². The highest BCUT2D eigenvalue weighted by Gasteiger charge is 2.20. The molecule has 3 rings (SSSR count). The zero-order valence-corrected chi connectivity index (χ0v) is 12.9. The van der Waals surface area contributed by atoms with E-state index in [-0.39, 0.29) is 5.82 Å². The van der Waals surface area contributed by atoms with Crippen LogP contribution < -0.4 is 4.57 Å². The van der Waals surface area contributed by atoms with Crippen molar-refractivity contribution in [3.05, 3.63) is 65.0 Å². The first kappa shape index (κ1) is 13.7. The average molecular weight is 280 g/mol. The fourth-order valence-corrected chi connectivity index (χ4v) is 2.93. The molecule has 1 heterocycles. The molecule has 0 spiro atoms. The Balaban J connectivity index is 2.40. The number of nitrogens with zero attached hydrogens (tertiary/aromatic N) is 1. The molecule has 3 aromatic rings. The smallest absolute Gasteiger partial charge is 0.206 e. The van der Waals surface area contributed by atoms with Gasteiger partial charge in [-0.2, -0.15) is 4.57 Å². The van der Waals surface area contributed by atoms with Gasteiger partial charge in [-0.1, -0.05) is 29.8 Å². The molecule has 2 heteroatoms. The molecule has 0 atom stereocenters. The van der Waals surface area contributed by atoms with E-state index in [9.17, 15) is 4.39 Å². The molecular formula is C19H19FN+. The van der Waals surface area contributed by atoms with Crippen molar-refractivity contribution in [2.75, 3.05) is 0 Å². The zero-order valence-electron chi connectivity index (χ0n) is 12.9. The highest BCUT2D eigenvalue weighted by Crippen LogP contribution is 2.27. The van der Waals surface area contributed by atoms with E-state index in [0.717, 1.165) is 27.9 Å². The molecule has 1 nitrogen and oxygen atoms in total. The third-order valence-electron chi connectivity index (χ3n) is 4.14. The topological polar surface area (TPSA) is 3.88 Å². The van der Waals surface area contributed by atoms with E-state index in [1.165, 1.54) is 5.56 Å². The van der Waals surface area contributed by atoms with Crippen molar-refractivity contribution in [1.29, 1.82) is 0 Å². The molecule has 0 aliphatic heterocycles. The van der Waals surface area contributed by atoms with Gasteiger partial charge in [0.2, 0.25) is 11.2 Å². The summed E-state index contributed by atoms with van der Waals surface area (Å²) < 4.78 is 16.7. The van der Waals surface area contributed by atoms with Crippen LogP contribution in [0.25, 0.3) is 22.2 Å². The largest absolute Gasteiger partial charge is 0.215 e. The lowest BCUT2D eigenvalue weighted by Crippen LogP contribution is -2.33. The van der Waals surface area contributed by atoms with Crippen LogP contribution in [-0.2, 0) is 7.05 Å². The van der Waals surface area contributed by atoms with Crippen molar-refractivity contribution in [3.63, 3.8) is 0 Å². The molecule has 0 bridgehead atoms. The Morgan fingerprint density at radius 2 is 1.67 bits per heavy atom. The maximum absolute atomic E-state index is 14.6. The van der Waals surface area contributed by atoms with Crippen molar-refractivity contribution in [1.82, 2.24) is 0 Å². The average Bonchev–Trinajstić information content (AvgIpc) is 2.45. The van der Waals surface area contributed by atoms with E-state index in [1.54, 1.807) is 6.07 Å². The quantitative estimate of drug-likeness (QED) is 0.582. The summed E-state index contributed by atoms with van der Waals surface area (Å²) in [5, 5.41) is 0.703. The number of pyridine rings is 1. The van der Waals surface area contributed by atoms with Crippen LogP contribution in [0.2, 0.25) is 0 Å². The molecular weight excluding hydrogens is 261 g/mol. The zero-order chi connectivity index (χ0) is 15.1. The van der Waals surface area contributed by atoms with Crippen LogP contribution in [0.3, 0.4) is 0 Å². The third kappa shape index (κ3) is 2.21. The Bertz CT molecular complexity index is 850. The monoisotopic (exact) mass is 280 g/mol. The molecule has 106 valence electrons. The first-order chi connectivity index (χ1) is 9.99. The maximum Gasteiger partial charge on any atom is 0.215 e. The lowest BCUT2D eigenvalue weighted by atomic mass is 10.00. The van der Waals surface area contributed by atoms with Crippen molar-refractivity contribution in [2.45, 2.75) is 20.8 Å². The molecule has 0 radical (unpaired) electrons. The third-order valence-corrected chi connectivity index (χ3v) is 4.14. The summed E-state index contributed by atoms with van der Waals surface area (Å²) in [5.74, 6) is -0.155. The van der Waals surface area contributed by atoms with Gasteiger partial charge in [0.25, 0.3) is 0 Å². The van der Waals surface area contributed by atoms with Crippen LogP contribution in [0.4, 0.5) is 4.39 Å². The predicted octanol–water partition coefficient (Wildman–Crippen LogP) is 4.40. The van der Waals surface area contributed by atoms with Gasteiger partial charge in [0.1, 0.15) is 12.9 Å². The number of rotatable bonds is 1. The van der Waals surface area contributed by atoms with Crippen molar-refractivity contribution >= 4 is 10.9 Å². The maximum atomic E-state index is 14.6. The Morgan fingerprint density at radius 3 is 2.43 bits per heavy atom. The fraction of sp³-hybridized carbons (Fsp3) is 0.211. The molecule has 2 aromatic carbocycles. The molecule has 0 N–H and O–H groups in total. The molecule has 0 saturated carbocycles. The van der Waals surface area contributed by atoms with E-state index < -0.39 is 0 Å². The number of hydrogen-bond donors (Lipinski definition) is 0. The normalized spacial score (nSPS) is 11.1. The Labute approximate surface area is 124 Å². The van der Waals surface area contributed by atoms with Crippen molar-refractivity contribution < 1.29 is 8.96 Å². The van der Waals surface area contributed by atoms with Gasteiger partial charge in [0, 0.05) is 17.7 Å². The minimum Gasteiger partial charge on any atom is -0.206 e. The van der Waals surface area contributed by atoms with Gasteiger partial charge in [-0.15, -0.1) is 0 Å². The summed E-state index contributed by atoms with van der Waals surface area (Å²) in [7, 11) is 2.00. The summed E-state index contributed by atoms with van der Waals surface area (Å²) >= 11 is 0. The van der Waals surface area contributed by atoms with Gasteiger partial charge in [-0.05, 0) is 38.0 Å². The second-order valence-corrected chi connectivity index (χ2v) is 5.72. The second kappa shape index (κ2) is 4.96. The lowest BCUT2D eigenvalue weighted by molar-refractivity contribution is -0.633. The van der Waals surface area contributed by atoms with Crippen molar-refractivity contribution in [3.8, 4) is 11.3 Å².